The van der Waals surface area contributed by atoms with Gasteiger partial charge in [0.05, 0.1) is 12.1 Å². The normalized spacial score (nSPS) is 19.9. The monoisotopic (exact) mass is 354 g/mol. The maximum Gasteiger partial charge on any atom is 0.227 e. The molecular formula is C20H23FN4O. The molecule has 1 aromatic heterocycles. The third-order valence-electron chi connectivity index (χ3n) is 5.24. The molecule has 1 N–H and O–H groups in total. The number of fused-ring (bicyclic) bond motifs is 1. The van der Waals surface area contributed by atoms with Crippen LogP contribution in [-0.2, 0) is 24.2 Å². The highest BCUT2D eigenvalue weighted by molar-refractivity contribution is 5.79. The van der Waals surface area contributed by atoms with Crippen molar-refractivity contribution in [2.45, 2.75) is 38.1 Å². The molecule has 1 atom stereocenters. The summed E-state index contributed by atoms with van der Waals surface area (Å²) in [7, 11) is 0. The van der Waals surface area contributed by atoms with E-state index in [0.717, 1.165) is 55.0 Å². The molecule has 0 radical (unpaired) electrons. The second-order valence-electron chi connectivity index (χ2n) is 7.11. The van der Waals surface area contributed by atoms with E-state index >= 15 is 0 Å². The lowest BCUT2D eigenvalue weighted by atomic mass is 9.98. The fourth-order valence-corrected chi connectivity index (χ4v) is 3.70. The number of benzene rings is 1. The summed E-state index contributed by atoms with van der Waals surface area (Å²) in [5.41, 5.74) is 2.95. The molecule has 2 aromatic rings. The Morgan fingerprint density at radius 2 is 2.15 bits per heavy atom. The first-order chi connectivity index (χ1) is 12.7. The lowest BCUT2D eigenvalue weighted by molar-refractivity contribution is -0.131. The van der Waals surface area contributed by atoms with Crippen LogP contribution in [0.1, 0.15) is 41.4 Å². The molecule has 3 heterocycles. The molecular weight excluding hydrogens is 331 g/mol. The van der Waals surface area contributed by atoms with Gasteiger partial charge < -0.3 is 10.2 Å². The van der Waals surface area contributed by atoms with Crippen molar-refractivity contribution in [3.63, 3.8) is 0 Å². The van der Waals surface area contributed by atoms with Crippen molar-refractivity contribution < 1.29 is 9.18 Å². The van der Waals surface area contributed by atoms with Crippen LogP contribution in [0.4, 0.5) is 4.39 Å². The number of hydrogen-bond acceptors (Lipinski definition) is 4. The summed E-state index contributed by atoms with van der Waals surface area (Å²) >= 11 is 0. The molecule has 1 aromatic carbocycles. The molecule has 0 bridgehead atoms. The van der Waals surface area contributed by atoms with Crippen LogP contribution in [0.2, 0.25) is 0 Å². The predicted octanol–water partition coefficient (Wildman–Crippen LogP) is 2.21. The molecule has 0 unspecified atom stereocenters. The predicted molar refractivity (Wildman–Crippen MR) is 96.1 cm³/mol. The first kappa shape index (κ1) is 17.1. The molecule has 2 aliphatic rings. The number of aromatic nitrogens is 2. The van der Waals surface area contributed by atoms with Gasteiger partial charge in [0.15, 0.2) is 0 Å². The van der Waals surface area contributed by atoms with E-state index in [9.17, 15) is 9.18 Å². The first-order valence-corrected chi connectivity index (χ1v) is 9.26. The van der Waals surface area contributed by atoms with Crippen LogP contribution in [0, 0.1) is 5.82 Å². The van der Waals surface area contributed by atoms with E-state index in [0.29, 0.717) is 25.4 Å². The zero-order valence-electron chi connectivity index (χ0n) is 14.7. The molecule has 1 amide bonds. The van der Waals surface area contributed by atoms with Gasteiger partial charge >= 0.3 is 0 Å². The average Bonchev–Trinajstić information content (AvgIpc) is 2.69. The molecule has 136 valence electrons. The Hall–Kier alpha value is -2.34. The maximum atomic E-state index is 13.0. The minimum absolute atomic E-state index is 0.0582. The van der Waals surface area contributed by atoms with Gasteiger partial charge in [-0.1, -0.05) is 12.1 Å². The summed E-state index contributed by atoms with van der Waals surface area (Å²) < 4.78 is 13.0. The van der Waals surface area contributed by atoms with Gasteiger partial charge in [-0.3, -0.25) is 4.79 Å². The summed E-state index contributed by atoms with van der Waals surface area (Å²) in [6.45, 7) is 3.25. The molecule has 6 heteroatoms. The minimum atomic E-state index is -0.283. The van der Waals surface area contributed by atoms with E-state index < -0.39 is 0 Å². The molecule has 4 rings (SSSR count). The van der Waals surface area contributed by atoms with Crippen LogP contribution in [0.5, 0.6) is 0 Å². The van der Waals surface area contributed by atoms with Gasteiger partial charge in [0.2, 0.25) is 5.91 Å². The van der Waals surface area contributed by atoms with Gasteiger partial charge in [0.1, 0.15) is 11.6 Å². The molecule has 5 nitrogen and oxygen atoms in total. The number of hydrogen-bond donors (Lipinski definition) is 1. The van der Waals surface area contributed by atoms with Crippen molar-refractivity contribution in [3.8, 4) is 0 Å². The third-order valence-corrected chi connectivity index (χ3v) is 5.24. The second-order valence-corrected chi connectivity index (χ2v) is 7.11. The first-order valence-electron chi connectivity index (χ1n) is 9.26. The average molecular weight is 354 g/mol. The Morgan fingerprint density at radius 1 is 1.31 bits per heavy atom. The van der Waals surface area contributed by atoms with Crippen molar-refractivity contribution in [1.82, 2.24) is 20.2 Å². The van der Waals surface area contributed by atoms with Gasteiger partial charge in [-0.25, -0.2) is 14.4 Å². The quantitative estimate of drug-likeness (QED) is 0.918. The number of rotatable bonds is 3. The van der Waals surface area contributed by atoms with Crippen LogP contribution in [0.25, 0.3) is 0 Å². The van der Waals surface area contributed by atoms with Crippen molar-refractivity contribution in [1.29, 1.82) is 0 Å². The van der Waals surface area contributed by atoms with Gasteiger partial charge in [0.25, 0.3) is 0 Å². The summed E-state index contributed by atoms with van der Waals surface area (Å²) in [5.74, 6) is 1.10. The molecule has 1 fully saturated rings. The lowest BCUT2D eigenvalue weighted by Crippen LogP contribution is -2.38. The Morgan fingerprint density at radius 3 is 2.92 bits per heavy atom. The van der Waals surface area contributed by atoms with E-state index in [2.05, 4.69) is 10.3 Å². The standard InChI is InChI=1S/C20H23FN4O/c21-17-5-3-14(4-6-17)10-19(26)25-9-7-18-16(13-25)12-23-20(24-18)15-2-1-8-22-11-15/h3-6,12,15,22H,1-2,7-11,13H2/t15-/m0/s1. The van der Waals surface area contributed by atoms with Crippen LogP contribution >= 0.6 is 0 Å². The third kappa shape index (κ3) is 3.75. The molecule has 26 heavy (non-hydrogen) atoms. The maximum absolute atomic E-state index is 13.0. The Bertz CT molecular complexity index is 787. The zero-order chi connectivity index (χ0) is 17.9. The highest BCUT2D eigenvalue weighted by atomic mass is 19.1. The van der Waals surface area contributed by atoms with E-state index in [1.165, 1.54) is 12.1 Å². The number of carbonyl (C=O) groups excluding carboxylic acids is 1. The highest BCUT2D eigenvalue weighted by Gasteiger charge is 2.24. The SMILES string of the molecule is O=C(Cc1ccc(F)cc1)N1CCc2nc([C@H]3CCCNC3)ncc2C1. The molecule has 1 saturated heterocycles. The Kier molecular flexibility index (Phi) is 4.93. The number of amides is 1. The topological polar surface area (TPSA) is 58.1 Å². The van der Waals surface area contributed by atoms with E-state index in [1.807, 2.05) is 11.1 Å². The fourth-order valence-electron chi connectivity index (χ4n) is 3.70. The van der Waals surface area contributed by atoms with Crippen molar-refractivity contribution in [2.24, 2.45) is 0 Å². The molecule has 2 aliphatic heterocycles. The zero-order valence-corrected chi connectivity index (χ0v) is 14.7. The molecule has 0 saturated carbocycles. The van der Waals surface area contributed by atoms with Crippen LogP contribution < -0.4 is 5.32 Å². The fraction of sp³-hybridized carbons (Fsp3) is 0.450. The number of nitrogens with zero attached hydrogens (tertiary/aromatic N) is 3. The Balaban J connectivity index is 1.42. The van der Waals surface area contributed by atoms with Crippen molar-refractivity contribution in [2.75, 3.05) is 19.6 Å². The number of piperidine rings is 1. The van der Waals surface area contributed by atoms with Gasteiger partial charge in [-0.2, -0.15) is 0 Å². The second kappa shape index (κ2) is 7.50. The Labute approximate surface area is 152 Å². The summed E-state index contributed by atoms with van der Waals surface area (Å²) in [4.78, 5) is 23.8. The van der Waals surface area contributed by atoms with E-state index in [-0.39, 0.29) is 11.7 Å². The van der Waals surface area contributed by atoms with Gasteiger partial charge in [-0.05, 0) is 37.1 Å². The summed E-state index contributed by atoms with van der Waals surface area (Å²) in [5, 5.41) is 3.41. The highest BCUT2D eigenvalue weighted by Crippen LogP contribution is 2.23. The van der Waals surface area contributed by atoms with Crippen LogP contribution in [-0.4, -0.2) is 40.4 Å². The molecule has 0 aliphatic carbocycles. The number of nitrogens with one attached hydrogen (secondary N) is 1. The minimum Gasteiger partial charge on any atom is -0.338 e. The number of halogens is 1. The van der Waals surface area contributed by atoms with Gasteiger partial charge in [-0.15, -0.1) is 0 Å². The van der Waals surface area contributed by atoms with Crippen molar-refractivity contribution >= 4 is 5.91 Å². The van der Waals surface area contributed by atoms with Crippen LogP contribution in [0.3, 0.4) is 0 Å². The van der Waals surface area contributed by atoms with E-state index in [4.69, 9.17) is 4.98 Å². The molecule has 0 spiro atoms. The smallest absolute Gasteiger partial charge is 0.227 e. The van der Waals surface area contributed by atoms with Gasteiger partial charge in [0, 0.05) is 43.7 Å². The largest absolute Gasteiger partial charge is 0.338 e. The lowest BCUT2D eigenvalue weighted by Gasteiger charge is -2.29. The van der Waals surface area contributed by atoms with Crippen LogP contribution in [0.15, 0.2) is 30.5 Å². The summed E-state index contributed by atoms with van der Waals surface area (Å²) in [6.07, 6.45) is 5.25. The van der Waals surface area contributed by atoms with Crippen molar-refractivity contribution in [3.05, 3.63) is 58.9 Å². The number of carbonyl (C=O) groups is 1. The summed E-state index contributed by atoms with van der Waals surface area (Å²) in [6, 6.07) is 6.12. The van der Waals surface area contributed by atoms with E-state index in [1.54, 1.807) is 12.1 Å².